The summed E-state index contributed by atoms with van der Waals surface area (Å²) in [5.41, 5.74) is 0.802. The number of rotatable bonds is 5. The summed E-state index contributed by atoms with van der Waals surface area (Å²) in [6.07, 6.45) is 0. The first-order valence-corrected chi connectivity index (χ1v) is 6.53. The Morgan fingerprint density at radius 3 is 2.39 bits per heavy atom. The molecule has 0 radical (unpaired) electrons. The maximum absolute atomic E-state index is 11.1. The average molecular weight is 290 g/mol. The van der Waals surface area contributed by atoms with E-state index in [-0.39, 0.29) is 12.0 Å². The molecule has 0 aromatic heterocycles. The molecule has 2 atom stereocenters. The van der Waals surface area contributed by atoms with Gasteiger partial charge in [0.05, 0.1) is 10.0 Å². The van der Waals surface area contributed by atoms with Crippen LogP contribution < -0.4 is 5.32 Å². The molecule has 0 bridgehead atoms. The van der Waals surface area contributed by atoms with Crippen molar-refractivity contribution in [2.75, 3.05) is 0 Å². The second-order valence-corrected chi connectivity index (χ2v) is 5.38. The van der Waals surface area contributed by atoms with Crippen LogP contribution in [0, 0.1) is 5.92 Å². The molecule has 0 aliphatic heterocycles. The monoisotopic (exact) mass is 289 g/mol. The van der Waals surface area contributed by atoms with Gasteiger partial charge in [0, 0.05) is 6.04 Å². The van der Waals surface area contributed by atoms with Crippen LogP contribution in [0.25, 0.3) is 0 Å². The number of aliphatic carboxylic acids is 1. The van der Waals surface area contributed by atoms with E-state index < -0.39 is 12.0 Å². The van der Waals surface area contributed by atoms with Gasteiger partial charge in [-0.2, -0.15) is 0 Å². The summed E-state index contributed by atoms with van der Waals surface area (Å²) < 4.78 is 0. The molecule has 2 N–H and O–H groups in total. The van der Waals surface area contributed by atoms with Gasteiger partial charge in [-0.3, -0.25) is 10.1 Å². The molecule has 100 valence electrons. The van der Waals surface area contributed by atoms with Gasteiger partial charge >= 0.3 is 5.97 Å². The van der Waals surface area contributed by atoms with Crippen LogP contribution in [0.1, 0.15) is 32.4 Å². The zero-order valence-electron chi connectivity index (χ0n) is 10.6. The third-order valence-electron chi connectivity index (χ3n) is 2.81. The molecule has 1 aromatic carbocycles. The first-order chi connectivity index (χ1) is 8.34. The maximum Gasteiger partial charge on any atom is 0.320 e. The number of carboxylic acids is 1. The topological polar surface area (TPSA) is 49.3 Å². The molecule has 0 aliphatic carbocycles. The lowest BCUT2D eigenvalue weighted by Crippen LogP contribution is -2.42. The van der Waals surface area contributed by atoms with E-state index in [4.69, 9.17) is 28.3 Å². The Balaban J connectivity index is 2.90. The van der Waals surface area contributed by atoms with Crippen LogP contribution in [0.2, 0.25) is 10.0 Å². The van der Waals surface area contributed by atoms with Crippen molar-refractivity contribution in [3.63, 3.8) is 0 Å². The first kappa shape index (κ1) is 15.3. The molecule has 0 amide bonds. The fraction of sp³-hybridized carbons (Fsp3) is 0.462. The second kappa shape index (κ2) is 6.41. The van der Waals surface area contributed by atoms with E-state index in [1.54, 1.807) is 12.1 Å². The summed E-state index contributed by atoms with van der Waals surface area (Å²) in [7, 11) is 0. The molecule has 0 saturated carbocycles. The Kier molecular flexibility index (Phi) is 5.45. The van der Waals surface area contributed by atoms with Crippen molar-refractivity contribution in [3.05, 3.63) is 33.8 Å². The van der Waals surface area contributed by atoms with Crippen LogP contribution in [0.15, 0.2) is 18.2 Å². The van der Waals surface area contributed by atoms with Gasteiger partial charge in [-0.05, 0) is 24.5 Å². The molecule has 18 heavy (non-hydrogen) atoms. The second-order valence-electron chi connectivity index (χ2n) is 4.59. The number of halogens is 2. The highest BCUT2D eigenvalue weighted by molar-refractivity contribution is 6.42. The van der Waals surface area contributed by atoms with Gasteiger partial charge in [-0.15, -0.1) is 0 Å². The van der Waals surface area contributed by atoms with Crippen molar-refractivity contribution < 1.29 is 9.90 Å². The minimum Gasteiger partial charge on any atom is -0.480 e. The van der Waals surface area contributed by atoms with E-state index in [1.807, 2.05) is 26.8 Å². The highest BCUT2D eigenvalue weighted by Gasteiger charge is 2.24. The van der Waals surface area contributed by atoms with E-state index >= 15 is 0 Å². The van der Waals surface area contributed by atoms with Crippen molar-refractivity contribution in [1.29, 1.82) is 0 Å². The summed E-state index contributed by atoms with van der Waals surface area (Å²) in [6, 6.07) is 4.55. The van der Waals surface area contributed by atoms with E-state index in [0.29, 0.717) is 10.0 Å². The number of carboxylic acid groups (broad SMARTS) is 1. The van der Waals surface area contributed by atoms with Crippen LogP contribution in [-0.4, -0.2) is 17.1 Å². The van der Waals surface area contributed by atoms with Gasteiger partial charge in [0.25, 0.3) is 0 Å². The highest BCUT2D eigenvalue weighted by Crippen LogP contribution is 2.30. The molecule has 0 heterocycles. The molecular formula is C13H17Cl2NO2. The Hall–Kier alpha value is -0.770. The molecule has 1 rings (SSSR count). The molecule has 0 aliphatic rings. The number of nitrogens with one attached hydrogen (secondary N) is 1. The molecular weight excluding hydrogens is 273 g/mol. The van der Waals surface area contributed by atoms with Crippen LogP contribution in [-0.2, 0) is 4.79 Å². The Morgan fingerprint density at radius 1 is 1.28 bits per heavy atom. The number of carbonyl (C=O) groups is 1. The lowest BCUT2D eigenvalue weighted by molar-refractivity contribution is -0.140. The summed E-state index contributed by atoms with van der Waals surface area (Å²) >= 11 is 12.1. The predicted octanol–water partition coefficient (Wildman–Crippen LogP) is 3.75. The molecule has 0 fully saturated rings. The van der Waals surface area contributed by atoms with Gasteiger partial charge in [0.1, 0.15) is 6.04 Å². The molecule has 1 aromatic rings. The number of hydrogen-bond acceptors (Lipinski definition) is 2. The largest absolute Gasteiger partial charge is 0.480 e. The minimum atomic E-state index is -0.866. The highest BCUT2D eigenvalue weighted by atomic mass is 35.5. The van der Waals surface area contributed by atoms with Gasteiger partial charge in [-0.1, -0.05) is 49.2 Å². The minimum absolute atomic E-state index is 0.0112. The summed E-state index contributed by atoms with van der Waals surface area (Å²) in [4.78, 5) is 11.1. The quantitative estimate of drug-likeness (QED) is 0.868. The summed E-state index contributed by atoms with van der Waals surface area (Å²) in [6.45, 7) is 5.59. The zero-order chi connectivity index (χ0) is 13.9. The molecule has 2 unspecified atom stereocenters. The maximum atomic E-state index is 11.1. The van der Waals surface area contributed by atoms with Crippen LogP contribution >= 0.6 is 23.2 Å². The van der Waals surface area contributed by atoms with Gasteiger partial charge in [-0.25, -0.2) is 0 Å². The van der Waals surface area contributed by atoms with Crippen LogP contribution in [0.4, 0.5) is 0 Å². The lowest BCUT2D eigenvalue weighted by atomic mass is 10.0. The summed E-state index contributed by atoms with van der Waals surface area (Å²) in [5.74, 6) is -0.877. The van der Waals surface area contributed by atoms with Crippen molar-refractivity contribution in [2.24, 2.45) is 5.92 Å². The molecule has 0 saturated heterocycles. The standard InChI is InChI=1S/C13H17Cl2NO2/c1-7(2)12(13(17)18)16-8(3)9-5-4-6-10(14)11(9)15/h4-8,12,16H,1-3H3,(H,17,18). The smallest absolute Gasteiger partial charge is 0.320 e. The number of benzene rings is 1. The van der Waals surface area contributed by atoms with Crippen molar-refractivity contribution >= 4 is 29.2 Å². The predicted molar refractivity (Wildman–Crippen MR) is 74.3 cm³/mol. The molecule has 5 heteroatoms. The van der Waals surface area contributed by atoms with Gasteiger partial charge < -0.3 is 5.11 Å². The Morgan fingerprint density at radius 2 is 1.89 bits per heavy atom. The third-order valence-corrected chi connectivity index (χ3v) is 3.64. The molecule has 3 nitrogen and oxygen atoms in total. The van der Waals surface area contributed by atoms with E-state index in [2.05, 4.69) is 5.32 Å². The summed E-state index contributed by atoms with van der Waals surface area (Å²) in [5, 5.41) is 13.1. The first-order valence-electron chi connectivity index (χ1n) is 5.77. The van der Waals surface area contributed by atoms with E-state index in [9.17, 15) is 4.79 Å². The SMILES string of the molecule is CC(NC(C(=O)O)C(C)C)c1cccc(Cl)c1Cl. The van der Waals surface area contributed by atoms with Crippen molar-refractivity contribution in [3.8, 4) is 0 Å². The average Bonchev–Trinajstić information content (AvgIpc) is 2.28. The zero-order valence-corrected chi connectivity index (χ0v) is 12.1. The Bertz CT molecular complexity index is 435. The van der Waals surface area contributed by atoms with E-state index in [0.717, 1.165) is 5.56 Å². The van der Waals surface area contributed by atoms with Crippen LogP contribution in [0.3, 0.4) is 0 Å². The Labute approximate surface area is 117 Å². The normalized spacial score (nSPS) is 14.6. The third kappa shape index (κ3) is 3.61. The van der Waals surface area contributed by atoms with Crippen LogP contribution in [0.5, 0.6) is 0 Å². The van der Waals surface area contributed by atoms with E-state index in [1.165, 1.54) is 0 Å². The van der Waals surface area contributed by atoms with Crippen molar-refractivity contribution in [1.82, 2.24) is 5.32 Å². The van der Waals surface area contributed by atoms with Crippen molar-refractivity contribution in [2.45, 2.75) is 32.9 Å². The fourth-order valence-corrected chi connectivity index (χ4v) is 2.23. The van der Waals surface area contributed by atoms with Gasteiger partial charge in [0.15, 0.2) is 0 Å². The lowest BCUT2D eigenvalue weighted by Gasteiger charge is -2.24. The number of hydrogen-bond donors (Lipinski definition) is 2. The fourth-order valence-electron chi connectivity index (χ4n) is 1.76. The van der Waals surface area contributed by atoms with Gasteiger partial charge in [0.2, 0.25) is 0 Å². The molecule has 0 spiro atoms.